The third-order valence-corrected chi connectivity index (χ3v) is 2.63. The van der Waals surface area contributed by atoms with E-state index in [1.807, 2.05) is 13.8 Å². The smallest absolute Gasteiger partial charge is 0.237 e. The molecule has 0 radical (unpaired) electrons. The van der Waals surface area contributed by atoms with E-state index in [-0.39, 0.29) is 12.3 Å². The number of carbonyl (C=O) groups excluding carboxylic acids is 2. The van der Waals surface area contributed by atoms with Crippen LogP contribution in [0.4, 0.5) is 0 Å². The van der Waals surface area contributed by atoms with Crippen LogP contribution in [0.25, 0.3) is 0 Å². The van der Waals surface area contributed by atoms with Crippen LogP contribution in [0.5, 0.6) is 0 Å². The molecule has 1 aromatic heterocycles. The van der Waals surface area contributed by atoms with Crippen molar-refractivity contribution in [3.63, 3.8) is 0 Å². The Kier molecular flexibility index (Phi) is 5.11. The van der Waals surface area contributed by atoms with Gasteiger partial charge in [0.1, 0.15) is 5.76 Å². The van der Waals surface area contributed by atoms with Crippen LogP contribution >= 0.6 is 0 Å². The largest absolute Gasteiger partial charge is 0.467 e. The van der Waals surface area contributed by atoms with Crippen LogP contribution in [0.15, 0.2) is 22.8 Å². The average Bonchev–Trinajstić information content (AvgIpc) is 2.75. The first-order chi connectivity index (χ1) is 8.80. The van der Waals surface area contributed by atoms with Gasteiger partial charge in [0.15, 0.2) is 0 Å². The van der Waals surface area contributed by atoms with Gasteiger partial charge < -0.3 is 20.8 Å². The Labute approximate surface area is 112 Å². The standard InChI is InChI=1S/C13H21N3O3/c1-9(16-13(2,3)7-11(14)17)12(18)15-8-10-5-4-6-19-10/h4-6,9,16H,7-8H2,1-3H3,(H2,14,17)(H,15,18). The predicted molar refractivity (Wildman–Crippen MR) is 71.0 cm³/mol. The molecule has 0 aromatic carbocycles. The Hall–Kier alpha value is -1.82. The van der Waals surface area contributed by atoms with E-state index >= 15 is 0 Å². The van der Waals surface area contributed by atoms with Gasteiger partial charge in [-0.2, -0.15) is 0 Å². The monoisotopic (exact) mass is 267 g/mol. The van der Waals surface area contributed by atoms with Crippen LogP contribution in [0.1, 0.15) is 33.0 Å². The first kappa shape index (κ1) is 15.2. The van der Waals surface area contributed by atoms with Crippen LogP contribution < -0.4 is 16.4 Å². The molecule has 6 heteroatoms. The van der Waals surface area contributed by atoms with Crippen molar-refractivity contribution in [1.29, 1.82) is 0 Å². The summed E-state index contributed by atoms with van der Waals surface area (Å²) in [5, 5.41) is 5.82. The van der Waals surface area contributed by atoms with Gasteiger partial charge in [-0.15, -0.1) is 0 Å². The van der Waals surface area contributed by atoms with Crippen molar-refractivity contribution in [2.45, 2.75) is 45.3 Å². The zero-order valence-corrected chi connectivity index (χ0v) is 11.5. The molecule has 1 atom stereocenters. The highest BCUT2D eigenvalue weighted by Crippen LogP contribution is 2.09. The van der Waals surface area contributed by atoms with Crippen LogP contribution in [0, 0.1) is 0 Å². The van der Waals surface area contributed by atoms with Crippen molar-refractivity contribution in [1.82, 2.24) is 10.6 Å². The van der Waals surface area contributed by atoms with E-state index < -0.39 is 17.5 Å². The topological polar surface area (TPSA) is 97.4 Å². The molecule has 106 valence electrons. The summed E-state index contributed by atoms with van der Waals surface area (Å²) in [6, 6.07) is 3.12. The van der Waals surface area contributed by atoms with E-state index in [0.717, 1.165) is 0 Å². The van der Waals surface area contributed by atoms with Crippen LogP contribution in [0.3, 0.4) is 0 Å². The van der Waals surface area contributed by atoms with E-state index in [9.17, 15) is 9.59 Å². The number of nitrogens with one attached hydrogen (secondary N) is 2. The molecule has 1 unspecified atom stereocenters. The minimum atomic E-state index is -0.521. The Balaban J connectivity index is 2.41. The van der Waals surface area contributed by atoms with Gasteiger partial charge in [0.25, 0.3) is 0 Å². The Bertz CT molecular complexity index is 426. The second-order valence-corrected chi connectivity index (χ2v) is 5.19. The molecule has 1 heterocycles. The predicted octanol–water partition coefficient (Wildman–Crippen LogP) is 0.528. The molecule has 0 aliphatic heterocycles. The number of nitrogens with two attached hydrogens (primary N) is 1. The molecule has 0 spiro atoms. The molecule has 6 nitrogen and oxygen atoms in total. The fourth-order valence-electron chi connectivity index (χ4n) is 1.88. The first-order valence-electron chi connectivity index (χ1n) is 6.16. The summed E-state index contributed by atoms with van der Waals surface area (Å²) in [7, 11) is 0. The van der Waals surface area contributed by atoms with Gasteiger partial charge in [-0.05, 0) is 32.9 Å². The molecule has 0 fully saturated rings. The summed E-state index contributed by atoms with van der Waals surface area (Å²) in [5.41, 5.74) is 4.64. The zero-order chi connectivity index (χ0) is 14.5. The van der Waals surface area contributed by atoms with Crippen molar-refractivity contribution in [3.8, 4) is 0 Å². The summed E-state index contributed by atoms with van der Waals surface area (Å²) < 4.78 is 5.12. The normalized spacial score (nSPS) is 13.0. The van der Waals surface area contributed by atoms with Crippen LogP contribution in [0.2, 0.25) is 0 Å². The quantitative estimate of drug-likeness (QED) is 0.671. The molecule has 0 aliphatic carbocycles. The van der Waals surface area contributed by atoms with E-state index in [2.05, 4.69) is 10.6 Å². The highest BCUT2D eigenvalue weighted by molar-refractivity contribution is 5.81. The SMILES string of the molecule is CC(NC(C)(C)CC(N)=O)C(=O)NCc1ccco1. The molecule has 4 N–H and O–H groups in total. The van der Waals surface area contributed by atoms with Gasteiger partial charge in [0, 0.05) is 12.0 Å². The number of rotatable bonds is 7. The fraction of sp³-hybridized carbons (Fsp3) is 0.538. The summed E-state index contributed by atoms with van der Waals surface area (Å²) >= 11 is 0. The van der Waals surface area contributed by atoms with Gasteiger partial charge in [0.05, 0.1) is 18.8 Å². The van der Waals surface area contributed by atoms with Crippen LogP contribution in [-0.4, -0.2) is 23.4 Å². The molecule has 1 aromatic rings. The average molecular weight is 267 g/mol. The molecule has 1 rings (SSSR count). The maximum atomic E-state index is 11.9. The molecule has 19 heavy (non-hydrogen) atoms. The molecule has 0 bridgehead atoms. The van der Waals surface area contributed by atoms with Gasteiger partial charge in [-0.1, -0.05) is 0 Å². The summed E-state index contributed by atoms with van der Waals surface area (Å²) in [6.07, 6.45) is 1.72. The highest BCUT2D eigenvalue weighted by atomic mass is 16.3. The number of primary amides is 1. The van der Waals surface area contributed by atoms with E-state index in [1.165, 1.54) is 0 Å². The maximum absolute atomic E-state index is 11.9. The van der Waals surface area contributed by atoms with E-state index in [0.29, 0.717) is 12.3 Å². The van der Waals surface area contributed by atoms with Crippen molar-refractivity contribution < 1.29 is 14.0 Å². The number of amides is 2. The summed E-state index contributed by atoms with van der Waals surface area (Å²) in [4.78, 5) is 22.8. The van der Waals surface area contributed by atoms with Gasteiger partial charge >= 0.3 is 0 Å². The molecule has 2 amide bonds. The Morgan fingerprint density at radius 2 is 2.16 bits per heavy atom. The van der Waals surface area contributed by atoms with Gasteiger partial charge in [-0.3, -0.25) is 9.59 Å². The second kappa shape index (κ2) is 6.38. The second-order valence-electron chi connectivity index (χ2n) is 5.19. The summed E-state index contributed by atoms with van der Waals surface area (Å²) in [5.74, 6) is 0.131. The molecule has 0 aliphatic rings. The number of hydrogen-bond donors (Lipinski definition) is 3. The third-order valence-electron chi connectivity index (χ3n) is 2.63. The molecular formula is C13H21N3O3. The lowest BCUT2D eigenvalue weighted by Crippen LogP contribution is -2.52. The van der Waals surface area contributed by atoms with Crippen molar-refractivity contribution in [2.75, 3.05) is 0 Å². The lowest BCUT2D eigenvalue weighted by Gasteiger charge is -2.28. The molecular weight excluding hydrogens is 246 g/mol. The van der Waals surface area contributed by atoms with Crippen molar-refractivity contribution in [3.05, 3.63) is 24.2 Å². The Morgan fingerprint density at radius 1 is 1.47 bits per heavy atom. The lowest BCUT2D eigenvalue weighted by molar-refractivity contribution is -0.124. The highest BCUT2D eigenvalue weighted by Gasteiger charge is 2.25. The van der Waals surface area contributed by atoms with Crippen molar-refractivity contribution in [2.24, 2.45) is 5.73 Å². The first-order valence-corrected chi connectivity index (χ1v) is 6.16. The zero-order valence-electron chi connectivity index (χ0n) is 11.5. The number of furan rings is 1. The maximum Gasteiger partial charge on any atom is 0.237 e. The molecule has 0 saturated heterocycles. The van der Waals surface area contributed by atoms with E-state index in [1.54, 1.807) is 25.3 Å². The molecule has 0 saturated carbocycles. The van der Waals surface area contributed by atoms with E-state index in [4.69, 9.17) is 10.2 Å². The number of hydrogen-bond acceptors (Lipinski definition) is 4. The van der Waals surface area contributed by atoms with Crippen LogP contribution in [-0.2, 0) is 16.1 Å². The van der Waals surface area contributed by atoms with Gasteiger partial charge in [0.2, 0.25) is 11.8 Å². The summed E-state index contributed by atoms with van der Waals surface area (Å²) in [6.45, 7) is 5.73. The number of carbonyl (C=O) groups is 2. The lowest BCUT2D eigenvalue weighted by atomic mass is 9.99. The van der Waals surface area contributed by atoms with Crippen molar-refractivity contribution >= 4 is 11.8 Å². The Morgan fingerprint density at radius 3 is 2.68 bits per heavy atom. The minimum absolute atomic E-state index is 0.158. The minimum Gasteiger partial charge on any atom is -0.467 e. The fourth-order valence-corrected chi connectivity index (χ4v) is 1.88. The third kappa shape index (κ3) is 5.56. The van der Waals surface area contributed by atoms with Gasteiger partial charge in [-0.25, -0.2) is 0 Å².